The summed E-state index contributed by atoms with van der Waals surface area (Å²) in [7, 11) is 4.73. The van der Waals surface area contributed by atoms with Crippen molar-refractivity contribution < 1.29 is 14.3 Å². The number of carbonyl (C=O) groups excluding carboxylic acids is 2. The molecule has 1 rings (SSSR count). The molecule has 0 aromatic heterocycles. The molecule has 0 fully saturated rings. The molecule has 6 nitrogen and oxygen atoms in total. The minimum absolute atomic E-state index is 0.0431. The van der Waals surface area contributed by atoms with Crippen LogP contribution in [0.15, 0.2) is 18.2 Å². The second-order valence-electron chi connectivity index (χ2n) is 3.93. The number of nitrogens with one attached hydrogen (secondary N) is 1. The third-order valence-electron chi connectivity index (χ3n) is 2.39. The Hall–Kier alpha value is -2.24. The highest BCUT2D eigenvalue weighted by atomic mass is 16.5. The van der Waals surface area contributed by atoms with E-state index in [9.17, 15) is 9.59 Å². The number of hydrogen-bond acceptors (Lipinski definition) is 4. The number of carbonyl (C=O) groups is 2. The van der Waals surface area contributed by atoms with Gasteiger partial charge in [0.15, 0.2) is 0 Å². The Morgan fingerprint density at radius 2 is 2.06 bits per heavy atom. The average molecular weight is 251 g/mol. The Labute approximate surface area is 106 Å². The van der Waals surface area contributed by atoms with Crippen LogP contribution < -0.4 is 15.8 Å². The van der Waals surface area contributed by atoms with Gasteiger partial charge in [-0.3, -0.25) is 9.59 Å². The largest absolute Gasteiger partial charge is 0.495 e. The highest BCUT2D eigenvalue weighted by Crippen LogP contribution is 2.21. The Morgan fingerprint density at radius 3 is 2.61 bits per heavy atom. The van der Waals surface area contributed by atoms with Gasteiger partial charge >= 0.3 is 0 Å². The summed E-state index contributed by atoms with van der Waals surface area (Å²) in [5.74, 6) is -0.0872. The van der Waals surface area contributed by atoms with E-state index in [4.69, 9.17) is 10.5 Å². The van der Waals surface area contributed by atoms with Crippen LogP contribution in [0.5, 0.6) is 5.75 Å². The van der Waals surface area contributed by atoms with Gasteiger partial charge in [0.2, 0.25) is 5.91 Å². The summed E-state index contributed by atoms with van der Waals surface area (Å²) in [4.78, 5) is 24.5. The smallest absolute Gasteiger partial charge is 0.251 e. The van der Waals surface area contributed by atoms with E-state index < -0.39 is 0 Å². The van der Waals surface area contributed by atoms with E-state index in [1.807, 2.05) is 0 Å². The topological polar surface area (TPSA) is 84.7 Å². The molecule has 0 aliphatic heterocycles. The van der Waals surface area contributed by atoms with E-state index >= 15 is 0 Å². The molecule has 18 heavy (non-hydrogen) atoms. The van der Waals surface area contributed by atoms with Gasteiger partial charge in [-0.25, -0.2) is 0 Å². The molecule has 0 heterocycles. The molecule has 0 atom stereocenters. The molecule has 0 radical (unpaired) electrons. The Kier molecular flexibility index (Phi) is 4.53. The van der Waals surface area contributed by atoms with Crippen molar-refractivity contribution in [2.24, 2.45) is 0 Å². The molecule has 0 bridgehead atoms. The predicted octanol–water partition coefficient (Wildman–Crippen LogP) is 0.0954. The van der Waals surface area contributed by atoms with Gasteiger partial charge in [-0.05, 0) is 18.2 Å². The zero-order chi connectivity index (χ0) is 13.7. The first kappa shape index (κ1) is 13.8. The minimum Gasteiger partial charge on any atom is -0.495 e. The number of rotatable bonds is 4. The van der Waals surface area contributed by atoms with Crippen molar-refractivity contribution in [3.8, 4) is 5.75 Å². The van der Waals surface area contributed by atoms with Crippen LogP contribution in [-0.2, 0) is 4.79 Å². The van der Waals surface area contributed by atoms with E-state index in [0.29, 0.717) is 17.0 Å². The van der Waals surface area contributed by atoms with Crippen molar-refractivity contribution in [1.82, 2.24) is 10.2 Å². The van der Waals surface area contributed by atoms with Gasteiger partial charge in [0, 0.05) is 19.7 Å². The molecule has 6 heteroatoms. The maximum absolute atomic E-state index is 11.8. The highest BCUT2D eigenvalue weighted by Gasteiger charge is 2.11. The van der Waals surface area contributed by atoms with E-state index in [-0.39, 0.29) is 18.4 Å². The summed E-state index contributed by atoms with van der Waals surface area (Å²) in [5, 5.41) is 2.52. The van der Waals surface area contributed by atoms with Crippen LogP contribution in [0.2, 0.25) is 0 Å². The standard InChI is InChI=1S/C12H17N3O3/c1-15(2)11(16)7-14-12(17)8-4-5-9(13)10(6-8)18-3/h4-6H,7,13H2,1-3H3,(H,14,17). The van der Waals surface area contributed by atoms with Crippen LogP contribution in [0.25, 0.3) is 0 Å². The van der Waals surface area contributed by atoms with Gasteiger partial charge in [0.1, 0.15) is 5.75 Å². The number of ether oxygens (including phenoxy) is 1. The molecule has 0 saturated carbocycles. The normalized spacial score (nSPS) is 9.72. The minimum atomic E-state index is -0.344. The lowest BCUT2D eigenvalue weighted by Crippen LogP contribution is -2.36. The molecule has 1 aromatic carbocycles. The number of methoxy groups -OCH3 is 1. The zero-order valence-electron chi connectivity index (χ0n) is 10.7. The van der Waals surface area contributed by atoms with Gasteiger partial charge in [0.05, 0.1) is 19.3 Å². The number of nitrogens with two attached hydrogens (primary N) is 1. The SMILES string of the molecule is COc1cc(C(=O)NCC(=O)N(C)C)ccc1N. The van der Waals surface area contributed by atoms with E-state index in [0.717, 1.165) is 0 Å². The third-order valence-corrected chi connectivity index (χ3v) is 2.39. The second kappa shape index (κ2) is 5.90. The van der Waals surface area contributed by atoms with Gasteiger partial charge in [0.25, 0.3) is 5.91 Å². The van der Waals surface area contributed by atoms with E-state index in [1.54, 1.807) is 26.2 Å². The van der Waals surface area contributed by atoms with Crippen molar-refractivity contribution in [3.05, 3.63) is 23.8 Å². The summed E-state index contributed by atoms with van der Waals surface area (Å²) in [6.45, 7) is -0.0431. The number of likely N-dealkylation sites (N-methyl/N-ethyl adjacent to an activating group) is 1. The lowest BCUT2D eigenvalue weighted by Gasteiger charge is -2.11. The van der Waals surface area contributed by atoms with Gasteiger partial charge in [-0.1, -0.05) is 0 Å². The summed E-state index contributed by atoms with van der Waals surface area (Å²) in [6.07, 6.45) is 0. The van der Waals surface area contributed by atoms with Crippen LogP contribution in [-0.4, -0.2) is 44.5 Å². The fraction of sp³-hybridized carbons (Fsp3) is 0.333. The fourth-order valence-electron chi connectivity index (χ4n) is 1.27. The van der Waals surface area contributed by atoms with Crippen LogP contribution in [0.1, 0.15) is 10.4 Å². The molecular weight excluding hydrogens is 234 g/mol. The van der Waals surface area contributed by atoms with Crippen molar-refractivity contribution >= 4 is 17.5 Å². The van der Waals surface area contributed by atoms with Crippen molar-refractivity contribution in [1.29, 1.82) is 0 Å². The molecule has 0 aliphatic rings. The van der Waals surface area contributed by atoms with Gasteiger partial charge < -0.3 is 20.7 Å². The Morgan fingerprint density at radius 1 is 1.39 bits per heavy atom. The van der Waals surface area contributed by atoms with Crippen LogP contribution in [0.4, 0.5) is 5.69 Å². The first-order valence-corrected chi connectivity index (χ1v) is 5.37. The van der Waals surface area contributed by atoms with Crippen LogP contribution in [0.3, 0.4) is 0 Å². The summed E-state index contributed by atoms with van der Waals surface area (Å²) < 4.78 is 5.02. The van der Waals surface area contributed by atoms with Crippen molar-refractivity contribution in [2.45, 2.75) is 0 Å². The monoisotopic (exact) mass is 251 g/mol. The highest BCUT2D eigenvalue weighted by molar-refractivity contribution is 5.97. The van der Waals surface area contributed by atoms with E-state index in [2.05, 4.69) is 5.32 Å². The lowest BCUT2D eigenvalue weighted by atomic mass is 10.2. The number of amides is 2. The average Bonchev–Trinajstić information content (AvgIpc) is 2.35. The number of nitrogen functional groups attached to an aromatic ring is 1. The first-order valence-electron chi connectivity index (χ1n) is 5.37. The molecule has 3 N–H and O–H groups in total. The molecule has 2 amide bonds. The molecule has 0 saturated heterocycles. The quantitative estimate of drug-likeness (QED) is 0.743. The van der Waals surface area contributed by atoms with Crippen molar-refractivity contribution in [3.63, 3.8) is 0 Å². The molecule has 0 unspecified atom stereocenters. The fourth-order valence-corrected chi connectivity index (χ4v) is 1.27. The molecule has 1 aromatic rings. The molecule has 0 spiro atoms. The number of hydrogen-bond donors (Lipinski definition) is 2. The van der Waals surface area contributed by atoms with Crippen LogP contribution >= 0.6 is 0 Å². The first-order chi connectivity index (χ1) is 8.45. The van der Waals surface area contributed by atoms with E-state index in [1.165, 1.54) is 18.1 Å². The van der Waals surface area contributed by atoms with Crippen molar-refractivity contribution in [2.75, 3.05) is 33.5 Å². The molecule has 98 valence electrons. The summed E-state index contributed by atoms with van der Waals surface area (Å²) >= 11 is 0. The Bertz CT molecular complexity index is 458. The summed E-state index contributed by atoms with van der Waals surface area (Å²) in [6, 6.07) is 4.69. The maximum atomic E-state index is 11.8. The lowest BCUT2D eigenvalue weighted by molar-refractivity contribution is -0.127. The number of nitrogens with zero attached hydrogens (tertiary/aromatic N) is 1. The predicted molar refractivity (Wildman–Crippen MR) is 68.4 cm³/mol. The summed E-state index contributed by atoms with van der Waals surface area (Å²) in [5.41, 5.74) is 6.50. The van der Waals surface area contributed by atoms with Gasteiger partial charge in [-0.2, -0.15) is 0 Å². The Balaban J connectivity index is 2.70. The number of benzene rings is 1. The molecule has 0 aliphatic carbocycles. The number of anilines is 1. The second-order valence-corrected chi connectivity index (χ2v) is 3.93. The third kappa shape index (κ3) is 3.38. The van der Waals surface area contributed by atoms with Gasteiger partial charge in [-0.15, -0.1) is 0 Å². The van der Waals surface area contributed by atoms with Crippen LogP contribution in [0, 0.1) is 0 Å². The maximum Gasteiger partial charge on any atom is 0.251 e. The zero-order valence-corrected chi connectivity index (χ0v) is 10.7. The molecular formula is C12H17N3O3.